The molecule has 0 spiro atoms. The zero-order chi connectivity index (χ0) is 28.5. The lowest BCUT2D eigenvalue weighted by atomic mass is 10.2. The summed E-state index contributed by atoms with van der Waals surface area (Å²) in [4.78, 5) is 34.9. The predicted octanol–water partition coefficient (Wildman–Crippen LogP) is 2.27. The number of imidazole rings is 1. The number of nitrogens with two attached hydrogens (primary N) is 1. The summed E-state index contributed by atoms with van der Waals surface area (Å²) >= 11 is 12.9. The van der Waals surface area contributed by atoms with Gasteiger partial charge >= 0.3 is 13.7 Å². The lowest BCUT2D eigenvalue weighted by molar-refractivity contribution is -0.149. The van der Waals surface area contributed by atoms with Crippen LogP contribution in [0.15, 0.2) is 41.5 Å². The second-order valence-corrected chi connectivity index (χ2v) is 12.1. The highest BCUT2D eigenvalue weighted by atomic mass is 35.5. The van der Waals surface area contributed by atoms with Gasteiger partial charge in [-0.05, 0) is 32.9 Å². The summed E-state index contributed by atoms with van der Waals surface area (Å²) in [6.07, 6.45) is -3.31. The SMILES string of the molecule is CC(C)OC(=O)[C@@H](C)N[P@@](=O)(OC[C@H]1O[C@@H](n2cnc3c(=O)[nH]c(N)nc32)C(Cl)(Cl)[C@@H]1O)Oc1ccccc1. The molecular formula is C22H27Cl2N6O8P. The molecule has 2 aromatic heterocycles. The van der Waals surface area contributed by atoms with Crippen molar-refractivity contribution >= 4 is 54.0 Å². The van der Waals surface area contributed by atoms with Crippen LogP contribution in [0.5, 0.6) is 5.75 Å². The zero-order valence-corrected chi connectivity index (χ0v) is 23.4. The Bertz CT molecular complexity index is 1430. The van der Waals surface area contributed by atoms with Gasteiger partial charge in [-0.25, -0.2) is 9.55 Å². The Hall–Kier alpha value is -2.71. The molecule has 0 bridgehead atoms. The van der Waals surface area contributed by atoms with Crippen molar-refractivity contribution in [3.05, 3.63) is 47.0 Å². The number of hydrogen-bond acceptors (Lipinski definition) is 11. The van der Waals surface area contributed by atoms with Crippen molar-refractivity contribution in [1.29, 1.82) is 0 Å². The van der Waals surface area contributed by atoms with Gasteiger partial charge in [0.25, 0.3) is 5.56 Å². The van der Waals surface area contributed by atoms with E-state index in [0.717, 1.165) is 0 Å². The quantitative estimate of drug-likeness (QED) is 0.150. The maximum Gasteiger partial charge on any atom is 0.459 e. The van der Waals surface area contributed by atoms with Gasteiger partial charge in [0.1, 0.15) is 24.0 Å². The zero-order valence-electron chi connectivity index (χ0n) is 21.0. The Balaban J connectivity index is 1.56. The number of hydrogen-bond donors (Lipinski definition) is 4. The van der Waals surface area contributed by atoms with E-state index >= 15 is 0 Å². The molecule has 14 nitrogen and oxygen atoms in total. The fourth-order valence-electron chi connectivity index (χ4n) is 3.73. The number of H-pyrrole nitrogens is 1. The highest BCUT2D eigenvalue weighted by molar-refractivity contribution is 7.52. The number of benzene rings is 1. The van der Waals surface area contributed by atoms with Crippen molar-refractivity contribution in [1.82, 2.24) is 24.6 Å². The molecular weight excluding hydrogens is 578 g/mol. The number of nitrogens with one attached hydrogen (secondary N) is 2. The van der Waals surface area contributed by atoms with Gasteiger partial charge in [0.15, 0.2) is 21.7 Å². The third-order valence-electron chi connectivity index (χ3n) is 5.52. The van der Waals surface area contributed by atoms with Crippen LogP contribution in [0.3, 0.4) is 0 Å². The van der Waals surface area contributed by atoms with Crippen LogP contribution in [0.25, 0.3) is 11.2 Å². The number of aliphatic hydroxyl groups is 1. The molecule has 1 fully saturated rings. The molecule has 0 amide bonds. The minimum Gasteiger partial charge on any atom is -0.462 e. The van der Waals surface area contributed by atoms with E-state index < -0.39 is 60.8 Å². The lowest BCUT2D eigenvalue weighted by Gasteiger charge is -2.25. The van der Waals surface area contributed by atoms with Gasteiger partial charge < -0.3 is 24.8 Å². The van der Waals surface area contributed by atoms with Crippen LogP contribution in [0.2, 0.25) is 0 Å². The van der Waals surface area contributed by atoms with E-state index in [2.05, 4.69) is 20.0 Å². The van der Waals surface area contributed by atoms with E-state index in [9.17, 15) is 19.3 Å². The van der Waals surface area contributed by atoms with Crippen molar-refractivity contribution in [2.75, 3.05) is 12.3 Å². The molecule has 5 atom stereocenters. The monoisotopic (exact) mass is 604 g/mol. The largest absolute Gasteiger partial charge is 0.462 e. The number of para-hydroxylation sites is 1. The first-order valence-electron chi connectivity index (χ1n) is 11.7. The van der Waals surface area contributed by atoms with Gasteiger partial charge in [0.05, 0.1) is 19.0 Å². The topological polar surface area (TPSA) is 193 Å². The number of esters is 1. The summed E-state index contributed by atoms with van der Waals surface area (Å²) in [7, 11) is -4.27. The van der Waals surface area contributed by atoms with Gasteiger partial charge in [-0.15, -0.1) is 0 Å². The fraction of sp³-hybridized carbons (Fsp3) is 0.455. The summed E-state index contributed by atoms with van der Waals surface area (Å²) in [5.41, 5.74) is 5.01. The summed E-state index contributed by atoms with van der Waals surface area (Å²) in [6.45, 7) is 4.23. The minimum absolute atomic E-state index is 0.0120. The number of alkyl halides is 2. The van der Waals surface area contributed by atoms with Gasteiger partial charge in [-0.3, -0.25) is 23.7 Å². The van der Waals surface area contributed by atoms with Crippen LogP contribution in [0, 0.1) is 0 Å². The fourth-order valence-corrected chi connectivity index (χ4v) is 5.82. The molecule has 0 aliphatic carbocycles. The number of nitrogens with zero attached hydrogens (tertiary/aromatic N) is 3. The smallest absolute Gasteiger partial charge is 0.459 e. The average molecular weight is 605 g/mol. The first kappa shape index (κ1) is 29.3. The molecule has 0 unspecified atom stereocenters. The number of anilines is 1. The Morgan fingerprint density at radius 1 is 1.33 bits per heavy atom. The number of aromatic amines is 1. The maximum absolute atomic E-state index is 13.7. The third kappa shape index (κ3) is 6.38. The van der Waals surface area contributed by atoms with Crippen LogP contribution in [-0.2, 0) is 23.4 Å². The van der Waals surface area contributed by atoms with Gasteiger partial charge in [0.2, 0.25) is 5.95 Å². The number of carbonyl (C=O) groups is 1. The molecule has 0 radical (unpaired) electrons. The second-order valence-electron chi connectivity index (χ2n) is 8.96. The summed E-state index contributed by atoms with van der Waals surface area (Å²) in [5, 5.41) is 13.4. The van der Waals surface area contributed by atoms with Gasteiger partial charge in [0, 0.05) is 0 Å². The van der Waals surface area contributed by atoms with E-state index in [-0.39, 0.29) is 22.9 Å². The number of aromatic nitrogens is 4. The Labute approximate surface area is 232 Å². The number of rotatable bonds is 10. The highest BCUT2D eigenvalue weighted by Gasteiger charge is 2.56. The standard InChI is InChI=1S/C22H27Cl2N6O8P/c1-11(2)36-19(33)12(3)29-39(34,38-13-7-5-4-6-8-13)35-9-14-16(31)22(23,24)20(37-14)30-10-26-15-17(30)27-21(25)28-18(15)32/h4-8,10-12,14,16,20,31H,9H2,1-3H3,(H,29,34)(H3,25,27,28,32)/t12-,14-,16-,20-,39-/m1/s1. The van der Waals surface area contributed by atoms with Crippen LogP contribution >= 0.6 is 30.9 Å². The van der Waals surface area contributed by atoms with Crippen molar-refractivity contribution in [2.24, 2.45) is 0 Å². The van der Waals surface area contributed by atoms with E-state index in [0.29, 0.717) is 0 Å². The molecule has 4 rings (SSSR count). The number of halogens is 2. The summed E-state index contributed by atoms with van der Waals surface area (Å²) in [6, 6.07) is 7.03. The maximum atomic E-state index is 13.7. The second kappa shape index (κ2) is 11.4. The predicted molar refractivity (Wildman–Crippen MR) is 141 cm³/mol. The third-order valence-corrected chi connectivity index (χ3v) is 7.98. The molecule has 17 heteroatoms. The van der Waals surface area contributed by atoms with Crippen molar-refractivity contribution in [3.63, 3.8) is 0 Å². The van der Waals surface area contributed by atoms with Crippen LogP contribution < -0.4 is 20.9 Å². The Kier molecular flexibility index (Phi) is 8.57. The van der Waals surface area contributed by atoms with Gasteiger partial charge in [-0.2, -0.15) is 10.1 Å². The molecule has 0 saturated carbocycles. The molecule has 3 aromatic rings. The number of fused-ring (bicyclic) bond motifs is 1. The summed E-state index contributed by atoms with van der Waals surface area (Å²) < 4.78 is 35.2. The number of ether oxygens (including phenoxy) is 2. The molecule has 1 aliphatic rings. The molecule has 1 aliphatic heterocycles. The molecule has 212 valence electrons. The van der Waals surface area contributed by atoms with Crippen molar-refractivity contribution < 1.29 is 33.0 Å². The van der Waals surface area contributed by atoms with Crippen LogP contribution in [0.1, 0.15) is 27.0 Å². The van der Waals surface area contributed by atoms with E-state index in [1.54, 1.807) is 44.2 Å². The van der Waals surface area contributed by atoms with Gasteiger partial charge in [-0.1, -0.05) is 41.4 Å². The summed E-state index contributed by atoms with van der Waals surface area (Å²) in [5.74, 6) is -0.680. The van der Waals surface area contributed by atoms with Crippen LogP contribution in [0.4, 0.5) is 5.95 Å². The lowest BCUT2D eigenvalue weighted by Crippen LogP contribution is -2.39. The van der Waals surface area contributed by atoms with Crippen LogP contribution in [-0.4, -0.2) is 65.9 Å². The molecule has 3 heterocycles. The number of carbonyl (C=O) groups excluding carboxylic acids is 1. The molecule has 1 saturated heterocycles. The minimum atomic E-state index is -4.27. The molecule has 39 heavy (non-hydrogen) atoms. The van der Waals surface area contributed by atoms with Crippen molar-refractivity contribution in [2.45, 2.75) is 55.7 Å². The first-order chi connectivity index (χ1) is 18.3. The van der Waals surface area contributed by atoms with Crippen molar-refractivity contribution in [3.8, 4) is 5.75 Å². The average Bonchev–Trinajstić information content (AvgIpc) is 3.36. The number of aliphatic hydroxyl groups excluding tert-OH is 1. The molecule has 1 aromatic carbocycles. The first-order valence-corrected chi connectivity index (χ1v) is 14.0. The Morgan fingerprint density at radius 2 is 2.03 bits per heavy atom. The highest BCUT2D eigenvalue weighted by Crippen LogP contribution is 2.50. The normalized spacial score (nSPS) is 23.0. The molecule has 5 N–H and O–H groups in total. The van der Waals surface area contributed by atoms with E-state index in [4.69, 9.17) is 47.5 Å². The van der Waals surface area contributed by atoms with E-state index in [1.165, 1.54) is 17.8 Å². The Morgan fingerprint density at radius 3 is 2.69 bits per heavy atom. The number of nitrogen functional groups attached to an aromatic ring is 1. The van der Waals surface area contributed by atoms with E-state index in [1.807, 2.05) is 0 Å².